The van der Waals surface area contributed by atoms with Crippen molar-refractivity contribution in [2.24, 2.45) is 0 Å². The molecule has 0 aromatic carbocycles. The second kappa shape index (κ2) is 3.82. The van der Waals surface area contributed by atoms with Crippen molar-refractivity contribution in [2.75, 3.05) is 0 Å². The van der Waals surface area contributed by atoms with Crippen LogP contribution in [0.4, 0.5) is 0 Å². The number of carbonyl (C=O) groups is 2. The first-order valence-electron chi connectivity index (χ1n) is 4.01. The Labute approximate surface area is 92.6 Å². The van der Waals surface area contributed by atoms with Gasteiger partial charge in [-0.1, -0.05) is 0 Å². The zero-order chi connectivity index (χ0) is 10.8. The van der Waals surface area contributed by atoms with E-state index in [1.165, 1.54) is 6.20 Å². The molecule has 76 valence electrons. The van der Waals surface area contributed by atoms with Crippen LogP contribution in [0.25, 0.3) is 10.9 Å². The van der Waals surface area contributed by atoms with Crippen LogP contribution in [0.15, 0.2) is 23.1 Å². The summed E-state index contributed by atoms with van der Waals surface area (Å²) < 4.78 is 5.40. The first-order chi connectivity index (χ1) is 7.22. The molecule has 0 aliphatic rings. The topological polar surface area (TPSA) is 72.1 Å². The minimum absolute atomic E-state index is 0.120. The molecule has 0 bridgehead atoms. The summed E-state index contributed by atoms with van der Waals surface area (Å²) in [4.78, 5) is 27.8. The average Bonchev–Trinajstić information content (AvgIpc) is 2.63. The van der Waals surface area contributed by atoms with E-state index in [2.05, 4.69) is 25.9 Å². The molecule has 0 fully saturated rings. The average molecular weight is 269 g/mol. The summed E-state index contributed by atoms with van der Waals surface area (Å²) in [5.41, 5.74) is 0.714. The van der Waals surface area contributed by atoms with E-state index < -0.39 is 5.97 Å². The fraction of sp³-hybridized carbons (Fsp3) is 0. The molecular weight excluding hydrogens is 264 g/mol. The maximum absolute atomic E-state index is 10.8. The fourth-order valence-corrected chi connectivity index (χ4v) is 1.66. The van der Waals surface area contributed by atoms with E-state index in [0.717, 1.165) is 0 Å². The molecule has 0 aliphatic heterocycles. The first kappa shape index (κ1) is 9.85. The molecule has 2 aromatic rings. The number of fused-ring (bicyclic) bond motifs is 1. The maximum Gasteiger partial charge on any atom is 0.376 e. The van der Waals surface area contributed by atoms with Gasteiger partial charge in [0.2, 0.25) is 6.29 Å². The van der Waals surface area contributed by atoms with Crippen molar-refractivity contribution in [3.63, 3.8) is 0 Å². The van der Waals surface area contributed by atoms with E-state index in [9.17, 15) is 9.59 Å². The van der Waals surface area contributed by atoms with Gasteiger partial charge in [-0.05, 0) is 22.0 Å². The molecule has 0 amide bonds. The Morgan fingerprint density at radius 2 is 2.40 bits per heavy atom. The molecule has 0 atom stereocenters. The summed E-state index contributed by atoms with van der Waals surface area (Å²) in [6.07, 6.45) is 3.19. The maximum atomic E-state index is 10.8. The highest BCUT2D eigenvalue weighted by molar-refractivity contribution is 9.10. The molecule has 0 radical (unpaired) electrons. The minimum atomic E-state index is -0.927. The monoisotopic (exact) mass is 268 g/mol. The Bertz CT molecular complexity index is 535. The van der Waals surface area contributed by atoms with Crippen molar-refractivity contribution in [2.45, 2.75) is 0 Å². The lowest BCUT2D eigenvalue weighted by Crippen LogP contribution is -2.07. The molecule has 0 saturated carbocycles. The molecule has 0 unspecified atom stereocenters. The van der Waals surface area contributed by atoms with Gasteiger partial charge in [0.25, 0.3) is 0 Å². The predicted molar refractivity (Wildman–Crippen MR) is 55.5 cm³/mol. The number of ether oxygens (including phenoxy) is 1. The van der Waals surface area contributed by atoms with E-state index in [1.54, 1.807) is 12.3 Å². The number of hydrogen-bond acceptors (Lipinski definition) is 4. The first-order valence-corrected chi connectivity index (χ1v) is 4.80. The van der Waals surface area contributed by atoms with E-state index in [1.807, 2.05) is 0 Å². The van der Waals surface area contributed by atoms with E-state index in [4.69, 9.17) is 4.74 Å². The number of nitrogens with zero attached hydrogens (tertiary/aromatic N) is 1. The summed E-state index contributed by atoms with van der Waals surface area (Å²) in [5, 5.41) is 0.687. The lowest BCUT2D eigenvalue weighted by molar-refractivity contribution is -0.141. The standard InChI is InChI=1S/C9H5BrN2O3/c10-9-8-5(1-2-11-9)6(3-12-8)15-7(14)4-13/h1-4,12H. The van der Waals surface area contributed by atoms with Crippen molar-refractivity contribution in [3.05, 3.63) is 23.1 Å². The number of pyridine rings is 1. The second-order valence-corrected chi connectivity index (χ2v) is 3.47. The van der Waals surface area contributed by atoms with Gasteiger partial charge in [0.1, 0.15) is 4.60 Å². The van der Waals surface area contributed by atoms with Crippen LogP contribution < -0.4 is 4.74 Å². The van der Waals surface area contributed by atoms with Gasteiger partial charge in [0, 0.05) is 17.8 Å². The molecule has 1 N–H and O–H groups in total. The molecule has 2 heterocycles. The number of aromatic nitrogens is 2. The summed E-state index contributed by atoms with van der Waals surface area (Å²) in [6, 6.07) is 1.68. The predicted octanol–water partition coefficient (Wildman–Crippen LogP) is 1.43. The number of carbonyl (C=O) groups excluding carboxylic acids is 2. The molecule has 6 heteroatoms. The van der Waals surface area contributed by atoms with Crippen molar-refractivity contribution in [1.29, 1.82) is 0 Å². The number of aldehydes is 1. The Balaban J connectivity index is 2.49. The summed E-state index contributed by atoms with van der Waals surface area (Å²) in [7, 11) is 0. The van der Waals surface area contributed by atoms with Gasteiger partial charge in [-0.3, -0.25) is 4.79 Å². The van der Waals surface area contributed by atoms with Gasteiger partial charge in [-0.25, -0.2) is 9.78 Å². The van der Waals surface area contributed by atoms with Gasteiger partial charge < -0.3 is 9.72 Å². The number of nitrogens with one attached hydrogen (secondary N) is 1. The van der Waals surface area contributed by atoms with Gasteiger partial charge in [0.05, 0.1) is 5.52 Å². The van der Waals surface area contributed by atoms with Crippen LogP contribution in [0.5, 0.6) is 5.75 Å². The smallest absolute Gasteiger partial charge is 0.376 e. The van der Waals surface area contributed by atoms with Crippen molar-refractivity contribution >= 4 is 39.1 Å². The van der Waals surface area contributed by atoms with Crippen LogP contribution in [-0.2, 0) is 9.59 Å². The highest BCUT2D eigenvalue weighted by Gasteiger charge is 2.10. The zero-order valence-electron chi connectivity index (χ0n) is 7.36. The summed E-state index contributed by atoms with van der Waals surface area (Å²) in [5.74, 6) is -0.617. The van der Waals surface area contributed by atoms with Crippen molar-refractivity contribution in [3.8, 4) is 5.75 Å². The molecular formula is C9H5BrN2O3. The number of rotatable bonds is 2. The van der Waals surface area contributed by atoms with Crippen LogP contribution >= 0.6 is 15.9 Å². The van der Waals surface area contributed by atoms with Crippen LogP contribution in [0.1, 0.15) is 0 Å². The Hall–Kier alpha value is -1.69. The lowest BCUT2D eigenvalue weighted by atomic mass is 10.3. The molecule has 0 spiro atoms. The Kier molecular flexibility index (Phi) is 2.51. The van der Waals surface area contributed by atoms with E-state index in [-0.39, 0.29) is 6.29 Å². The second-order valence-electron chi connectivity index (χ2n) is 2.72. The SMILES string of the molecule is O=CC(=O)Oc1c[nH]c2c(Br)nccc12. The number of halogens is 1. The van der Waals surface area contributed by atoms with Gasteiger partial charge >= 0.3 is 5.97 Å². The largest absolute Gasteiger partial charge is 0.419 e. The van der Waals surface area contributed by atoms with Gasteiger partial charge in [-0.15, -0.1) is 0 Å². The molecule has 2 aromatic heterocycles. The summed E-state index contributed by atoms with van der Waals surface area (Å²) >= 11 is 3.24. The Morgan fingerprint density at radius 3 is 3.13 bits per heavy atom. The van der Waals surface area contributed by atoms with Gasteiger partial charge in [0.15, 0.2) is 5.75 Å². The molecule has 2 rings (SSSR count). The number of hydrogen-bond donors (Lipinski definition) is 1. The number of esters is 1. The molecule has 0 aliphatic carbocycles. The van der Waals surface area contributed by atoms with E-state index in [0.29, 0.717) is 21.3 Å². The van der Waals surface area contributed by atoms with Crippen LogP contribution in [0.3, 0.4) is 0 Å². The minimum Gasteiger partial charge on any atom is -0.419 e. The van der Waals surface area contributed by atoms with Crippen LogP contribution in [0, 0.1) is 0 Å². The quantitative estimate of drug-likeness (QED) is 0.387. The normalized spacial score (nSPS) is 10.2. The summed E-state index contributed by atoms with van der Waals surface area (Å²) in [6.45, 7) is 0. The molecule has 5 nitrogen and oxygen atoms in total. The van der Waals surface area contributed by atoms with Gasteiger partial charge in [-0.2, -0.15) is 0 Å². The number of aromatic amines is 1. The van der Waals surface area contributed by atoms with Crippen LogP contribution in [0.2, 0.25) is 0 Å². The highest BCUT2D eigenvalue weighted by Crippen LogP contribution is 2.28. The molecule has 0 saturated heterocycles. The number of H-pyrrole nitrogens is 1. The van der Waals surface area contributed by atoms with Crippen molar-refractivity contribution < 1.29 is 14.3 Å². The third-order valence-electron chi connectivity index (χ3n) is 1.82. The Morgan fingerprint density at radius 1 is 1.60 bits per heavy atom. The zero-order valence-corrected chi connectivity index (χ0v) is 8.95. The third kappa shape index (κ3) is 1.75. The fourth-order valence-electron chi connectivity index (χ4n) is 1.21. The lowest BCUT2D eigenvalue weighted by Gasteiger charge is -1.97. The van der Waals surface area contributed by atoms with Crippen LogP contribution in [-0.4, -0.2) is 22.2 Å². The van der Waals surface area contributed by atoms with Crippen molar-refractivity contribution in [1.82, 2.24) is 9.97 Å². The van der Waals surface area contributed by atoms with E-state index >= 15 is 0 Å². The third-order valence-corrected chi connectivity index (χ3v) is 2.43. The highest BCUT2D eigenvalue weighted by atomic mass is 79.9. The molecule has 15 heavy (non-hydrogen) atoms.